The molecule has 2 amide bonds. The summed E-state index contributed by atoms with van der Waals surface area (Å²) in [7, 11) is 0. The minimum absolute atomic E-state index is 0.112. The highest BCUT2D eigenvalue weighted by molar-refractivity contribution is 6.38. The Hall–Kier alpha value is -3.19. The second kappa shape index (κ2) is 7.81. The van der Waals surface area contributed by atoms with Crippen molar-refractivity contribution in [2.75, 3.05) is 4.90 Å². The van der Waals surface area contributed by atoms with E-state index in [0.717, 1.165) is 31.2 Å². The number of ether oxygens (including phenoxy) is 1. The fourth-order valence-electron chi connectivity index (χ4n) is 3.57. The third-order valence-electron chi connectivity index (χ3n) is 5.56. The van der Waals surface area contributed by atoms with Gasteiger partial charge in [0.15, 0.2) is 5.82 Å². The Morgan fingerprint density at radius 3 is 2.29 bits per heavy atom. The van der Waals surface area contributed by atoms with E-state index in [1.165, 1.54) is 21.9 Å². The van der Waals surface area contributed by atoms with E-state index < -0.39 is 6.09 Å². The highest BCUT2D eigenvalue weighted by atomic mass is 35.5. The van der Waals surface area contributed by atoms with Gasteiger partial charge in [-0.3, -0.25) is 14.2 Å². The van der Waals surface area contributed by atoms with E-state index in [0.29, 0.717) is 10.9 Å². The molecule has 0 N–H and O–H groups in total. The zero-order chi connectivity index (χ0) is 21.5. The van der Waals surface area contributed by atoms with Crippen LogP contribution in [0.1, 0.15) is 31.2 Å². The summed E-state index contributed by atoms with van der Waals surface area (Å²) >= 11 is 6.47. The maximum Gasteiger partial charge on any atom is 0.418 e. The first-order valence-electron chi connectivity index (χ1n) is 10.3. The predicted octanol–water partition coefficient (Wildman–Crippen LogP) is 4.55. The van der Waals surface area contributed by atoms with Crippen molar-refractivity contribution in [3.05, 3.63) is 59.4 Å². The molecule has 31 heavy (non-hydrogen) atoms. The minimum atomic E-state index is -0.605. The summed E-state index contributed by atoms with van der Waals surface area (Å²) in [5.41, 5.74) is 1.29. The number of carbonyl (C=O) groups is 3. The molecule has 2 saturated carbocycles. The average molecular weight is 438 g/mol. The Labute approximate surface area is 183 Å². The van der Waals surface area contributed by atoms with Crippen LogP contribution in [0, 0.1) is 11.8 Å². The van der Waals surface area contributed by atoms with Gasteiger partial charge in [0.25, 0.3) is 0 Å². The first-order valence-corrected chi connectivity index (χ1v) is 10.7. The molecule has 2 heterocycles. The van der Waals surface area contributed by atoms with Crippen LogP contribution in [0.3, 0.4) is 0 Å². The van der Waals surface area contributed by atoms with Crippen LogP contribution < -0.4 is 4.90 Å². The van der Waals surface area contributed by atoms with Gasteiger partial charge in [-0.25, -0.2) is 14.7 Å². The molecule has 1 aromatic carbocycles. The van der Waals surface area contributed by atoms with E-state index in [2.05, 4.69) is 4.98 Å². The number of pyridine rings is 1. The van der Waals surface area contributed by atoms with Crippen molar-refractivity contribution in [3.8, 4) is 0 Å². The second-order valence-electron chi connectivity index (χ2n) is 7.98. The fourth-order valence-corrected chi connectivity index (χ4v) is 3.85. The molecule has 5 rings (SSSR count). The molecular weight excluding hydrogens is 418 g/mol. The van der Waals surface area contributed by atoms with Crippen LogP contribution in [-0.4, -0.2) is 27.5 Å². The maximum absolute atomic E-state index is 13.0. The number of nitrogens with zero attached hydrogens (tertiary/aromatic N) is 3. The van der Waals surface area contributed by atoms with Crippen molar-refractivity contribution in [2.45, 2.75) is 32.3 Å². The lowest BCUT2D eigenvalue weighted by Gasteiger charge is -2.21. The predicted molar refractivity (Wildman–Crippen MR) is 115 cm³/mol. The van der Waals surface area contributed by atoms with Gasteiger partial charge in [0.05, 0.1) is 15.9 Å². The van der Waals surface area contributed by atoms with E-state index in [-0.39, 0.29) is 41.1 Å². The molecule has 2 fully saturated rings. The summed E-state index contributed by atoms with van der Waals surface area (Å²) in [5, 5.41) is 0.621. The van der Waals surface area contributed by atoms with E-state index >= 15 is 0 Å². The summed E-state index contributed by atoms with van der Waals surface area (Å²) < 4.78 is 6.71. The number of rotatable bonds is 5. The molecule has 0 bridgehead atoms. The lowest BCUT2D eigenvalue weighted by atomic mass is 10.2. The number of aromatic nitrogens is 2. The molecule has 0 saturated heterocycles. The number of fused-ring (bicyclic) bond motifs is 1. The van der Waals surface area contributed by atoms with Crippen molar-refractivity contribution in [1.29, 1.82) is 0 Å². The van der Waals surface area contributed by atoms with Crippen LogP contribution in [-0.2, 0) is 20.9 Å². The molecule has 0 radical (unpaired) electrons. The molecule has 0 spiro atoms. The summed E-state index contributed by atoms with van der Waals surface area (Å²) in [5.74, 6) is -0.612. The van der Waals surface area contributed by atoms with Crippen molar-refractivity contribution in [3.63, 3.8) is 0 Å². The zero-order valence-electron chi connectivity index (χ0n) is 16.7. The Balaban J connectivity index is 1.50. The molecule has 8 heteroatoms. The van der Waals surface area contributed by atoms with Gasteiger partial charge in [0.2, 0.25) is 11.8 Å². The van der Waals surface area contributed by atoms with Crippen LogP contribution in [0.5, 0.6) is 0 Å². The van der Waals surface area contributed by atoms with Crippen LogP contribution in [0.4, 0.5) is 10.6 Å². The monoisotopic (exact) mass is 437 g/mol. The topological polar surface area (TPSA) is 81.5 Å². The van der Waals surface area contributed by atoms with Crippen LogP contribution in [0.25, 0.3) is 10.9 Å². The highest BCUT2D eigenvalue weighted by Crippen LogP contribution is 2.40. The van der Waals surface area contributed by atoms with Crippen LogP contribution in [0.15, 0.2) is 48.8 Å². The molecule has 7 nitrogen and oxygen atoms in total. The molecule has 2 aliphatic rings. The fraction of sp³-hybridized carbons (Fsp3) is 0.304. The van der Waals surface area contributed by atoms with E-state index in [9.17, 15) is 14.4 Å². The number of carbonyl (C=O) groups excluding carboxylic acids is 3. The van der Waals surface area contributed by atoms with Crippen LogP contribution in [0.2, 0.25) is 5.02 Å². The zero-order valence-corrected chi connectivity index (χ0v) is 17.4. The minimum Gasteiger partial charge on any atom is -0.444 e. The highest BCUT2D eigenvalue weighted by Gasteiger charge is 2.43. The van der Waals surface area contributed by atoms with Gasteiger partial charge >= 0.3 is 6.09 Å². The Bertz CT molecular complexity index is 1160. The third-order valence-corrected chi connectivity index (χ3v) is 5.84. The standard InChI is InChI=1S/C23H20ClN3O4/c24-17-12-26(23(30)31-13-14-4-2-1-3-5-14)18-10-11-25-20(19(17)18)27(21(28)15-6-7-15)22(29)16-8-9-16/h1-5,10-12,15-16H,6-9,13H2. The number of benzene rings is 1. The summed E-state index contributed by atoms with van der Waals surface area (Å²) in [6, 6.07) is 11.0. The Kier molecular flexibility index (Phi) is 4.98. The first-order chi connectivity index (χ1) is 15.0. The number of amides is 2. The smallest absolute Gasteiger partial charge is 0.418 e. The molecule has 2 aliphatic carbocycles. The largest absolute Gasteiger partial charge is 0.444 e. The number of hydrogen-bond acceptors (Lipinski definition) is 5. The average Bonchev–Trinajstić information content (AvgIpc) is 3.70. The lowest BCUT2D eigenvalue weighted by Crippen LogP contribution is -2.39. The second-order valence-corrected chi connectivity index (χ2v) is 8.38. The molecule has 3 aromatic rings. The van der Waals surface area contributed by atoms with Gasteiger partial charge in [0, 0.05) is 24.2 Å². The van der Waals surface area contributed by atoms with Gasteiger partial charge in [-0.1, -0.05) is 41.9 Å². The van der Waals surface area contributed by atoms with Crippen molar-refractivity contribution in [1.82, 2.24) is 9.55 Å². The van der Waals surface area contributed by atoms with E-state index in [4.69, 9.17) is 16.3 Å². The van der Waals surface area contributed by atoms with Crippen LogP contribution >= 0.6 is 11.6 Å². The SMILES string of the molecule is O=C(C1CC1)N(C(=O)C1CC1)c1nccc2c1c(Cl)cn2C(=O)OCc1ccccc1. The van der Waals surface area contributed by atoms with Crippen molar-refractivity contribution in [2.24, 2.45) is 11.8 Å². The van der Waals surface area contributed by atoms with Gasteiger partial charge in [0.1, 0.15) is 6.61 Å². The van der Waals surface area contributed by atoms with Gasteiger partial charge in [-0.15, -0.1) is 0 Å². The van der Waals surface area contributed by atoms with E-state index in [1.54, 1.807) is 6.07 Å². The van der Waals surface area contributed by atoms with Crippen molar-refractivity contribution >= 4 is 46.2 Å². The third kappa shape index (κ3) is 3.81. The van der Waals surface area contributed by atoms with Gasteiger partial charge in [-0.05, 0) is 37.3 Å². The molecule has 0 aliphatic heterocycles. The lowest BCUT2D eigenvalue weighted by molar-refractivity contribution is -0.127. The molecule has 0 unspecified atom stereocenters. The van der Waals surface area contributed by atoms with Gasteiger partial charge < -0.3 is 4.74 Å². The summed E-state index contributed by atoms with van der Waals surface area (Å²) in [6.07, 6.45) is 5.38. The van der Waals surface area contributed by atoms with E-state index in [1.807, 2.05) is 30.3 Å². The Morgan fingerprint density at radius 1 is 1.03 bits per heavy atom. The number of anilines is 1. The normalized spacial score (nSPS) is 15.6. The molecular formula is C23H20ClN3O4. The Morgan fingerprint density at radius 2 is 1.68 bits per heavy atom. The van der Waals surface area contributed by atoms with Crippen molar-refractivity contribution < 1.29 is 19.1 Å². The summed E-state index contributed by atoms with van der Waals surface area (Å²) in [6.45, 7) is 0.112. The number of hydrogen-bond donors (Lipinski definition) is 0. The number of halogens is 1. The number of imide groups is 1. The maximum atomic E-state index is 13.0. The first kappa shape index (κ1) is 19.8. The van der Waals surface area contributed by atoms with Gasteiger partial charge in [-0.2, -0.15) is 0 Å². The molecule has 158 valence electrons. The molecule has 0 atom stereocenters. The molecule has 2 aromatic heterocycles. The quantitative estimate of drug-likeness (QED) is 0.547. The summed E-state index contributed by atoms with van der Waals surface area (Å²) in [4.78, 5) is 44.2.